The third kappa shape index (κ3) is 31.7. The number of aryl methyl sites for hydroxylation is 1. The highest BCUT2D eigenvalue weighted by Gasteiger charge is 2.47. The first kappa shape index (κ1) is 84.1. The summed E-state index contributed by atoms with van der Waals surface area (Å²) in [6.07, 6.45) is 66.3. The van der Waals surface area contributed by atoms with Crippen LogP contribution in [0.3, 0.4) is 0 Å². The molecule has 1 amide bonds. The topological polar surface area (TPSA) is 51.3 Å². The quantitative estimate of drug-likeness (QED) is 0.279. The van der Waals surface area contributed by atoms with E-state index >= 15 is 0 Å². The van der Waals surface area contributed by atoms with Crippen LogP contribution in [0.15, 0.2) is 24.3 Å². The zero-order valence-corrected chi connectivity index (χ0v) is 68.8. The van der Waals surface area contributed by atoms with Gasteiger partial charge in [0.05, 0.1) is 0 Å². The number of nitrogens with one attached hydrogen (secondary N) is 1. The van der Waals surface area contributed by atoms with E-state index in [-0.39, 0.29) is 0 Å². The number of hydrogen-bond donors (Lipinski definition) is 1. The molecule has 4 unspecified atom stereocenters. The number of piperidine rings is 5. The normalized spacial score (nSPS) is 34.4. The highest BCUT2D eigenvalue weighted by molar-refractivity contribution is 5.78. The Balaban J connectivity index is 0.000000139. The van der Waals surface area contributed by atoms with Gasteiger partial charge < -0.3 is 29.7 Å². The second kappa shape index (κ2) is 44.7. The Kier molecular flexibility index (Phi) is 37.6. The van der Waals surface area contributed by atoms with Gasteiger partial charge in [0.2, 0.25) is 5.91 Å². The molecule has 19 aliphatic rings. The molecule has 11 aliphatic carbocycles. The van der Waals surface area contributed by atoms with Crippen molar-refractivity contribution >= 4 is 5.91 Å². The number of hydrogen-bond acceptors (Lipinski definition) is 6. The molecule has 0 radical (unpaired) electrons. The summed E-state index contributed by atoms with van der Waals surface area (Å²) in [4.78, 5) is 20.8. The minimum atomic E-state index is 0.391. The van der Waals surface area contributed by atoms with E-state index in [4.69, 9.17) is 4.74 Å². The van der Waals surface area contributed by atoms with Gasteiger partial charge in [-0.3, -0.25) is 4.79 Å². The molecule has 7 nitrogen and oxygen atoms in total. The van der Waals surface area contributed by atoms with Crippen molar-refractivity contribution in [3.05, 3.63) is 35.4 Å². The molecule has 20 rings (SSSR count). The van der Waals surface area contributed by atoms with E-state index < -0.39 is 0 Å². The maximum Gasteiger partial charge on any atom is 0.222 e. The van der Waals surface area contributed by atoms with Crippen LogP contribution in [0.5, 0.6) is 0 Å². The Labute approximate surface area is 622 Å². The fourth-order valence-electron chi connectivity index (χ4n) is 20.8. The van der Waals surface area contributed by atoms with E-state index in [2.05, 4.69) is 133 Å². The second-order valence-electron chi connectivity index (χ2n) is 39.4. The molecule has 18 fully saturated rings. The second-order valence-corrected chi connectivity index (χ2v) is 39.4. The standard InChI is InChI=1S/C11H14.C9H15NO.C9H17N.2C9H16.C8H14.C7H12.C7H14.3C6H13N.C6H12O/c1-9-6-7-10-4-2-3-5-11(10)8-9;1-7-4-5-10-8(6-7)2-3-9(10)11;1-8-4-5-9-3-2-6-10(9)7-8;1-9-5-2-8(3-6-9)4-7-9;1-8-2-4-9(5-3-8)6-7-9;1-7-5-8(6-7)3-2-4-8;1-5-2-6-4-7(6)3-5;1-7-5-3-2-4-6-7;1-6-2-4-7-5-3-6;2*1-7-5-3-2-4-6-7;1-6-2-4-7-5-3-6/h2-5,9H,6-8H2,1H3;7-8H,2-6H2,1H3;8-9H,2-7H2,1H3;2*8H,2-7H2,1H3;7H,2-6H2,1H3;5-7H,2-4H2,1H3;7H,2-6H2,1H3;6-7H,2-5H2,1H3;2*2-6H2,1H3;6H,2-5H2,1H3/t9-;7-,8?;8-,9?;;;;;;;;;/m010........./s1. The molecule has 2 spiro atoms. The fourth-order valence-corrected chi connectivity index (χ4v) is 20.8. The highest BCUT2D eigenvalue weighted by atomic mass is 16.5. The zero-order valence-electron chi connectivity index (χ0n) is 68.8. The predicted molar refractivity (Wildman–Crippen MR) is 432 cm³/mol. The molecule has 100 heavy (non-hydrogen) atoms. The molecule has 8 aliphatic heterocycles. The summed E-state index contributed by atoms with van der Waals surface area (Å²) in [5.41, 5.74) is 5.76. The summed E-state index contributed by atoms with van der Waals surface area (Å²) in [6, 6.07) is 10.4. The summed E-state index contributed by atoms with van der Waals surface area (Å²) >= 11 is 0. The van der Waals surface area contributed by atoms with Gasteiger partial charge in [-0.25, -0.2) is 0 Å². The van der Waals surface area contributed by atoms with E-state index in [1.165, 1.54) is 276 Å². The lowest BCUT2D eigenvalue weighted by Crippen LogP contribution is -2.41. The van der Waals surface area contributed by atoms with Crippen molar-refractivity contribution < 1.29 is 9.53 Å². The minimum Gasteiger partial charge on any atom is -0.381 e. The number of likely N-dealkylation sites (tertiary alicyclic amines) is 2. The number of ether oxygens (including phenoxy) is 1. The van der Waals surface area contributed by atoms with Crippen LogP contribution in [0.2, 0.25) is 0 Å². The Morgan fingerprint density at radius 1 is 0.400 bits per heavy atom. The first-order valence-corrected chi connectivity index (χ1v) is 45.0. The first-order chi connectivity index (χ1) is 48.2. The average molecular weight is 1390 g/mol. The summed E-state index contributed by atoms with van der Waals surface area (Å²) in [5.74, 6) is 12.7. The van der Waals surface area contributed by atoms with Crippen molar-refractivity contribution in [3.63, 3.8) is 0 Å². The van der Waals surface area contributed by atoms with Gasteiger partial charge in [0.25, 0.3) is 0 Å². The van der Waals surface area contributed by atoms with Crippen molar-refractivity contribution in [1.82, 2.24) is 24.9 Å². The van der Waals surface area contributed by atoms with Gasteiger partial charge in [0, 0.05) is 44.8 Å². The number of benzene rings is 1. The number of fused-ring (bicyclic) bond motifs is 7. The van der Waals surface area contributed by atoms with Gasteiger partial charge >= 0.3 is 0 Å². The molecule has 8 heterocycles. The average Bonchev–Trinajstić information content (AvgIpc) is 1.46. The number of rotatable bonds is 0. The smallest absolute Gasteiger partial charge is 0.222 e. The predicted octanol–water partition coefficient (Wildman–Crippen LogP) is 23.9. The summed E-state index contributed by atoms with van der Waals surface area (Å²) in [5, 5.41) is 3.32. The van der Waals surface area contributed by atoms with Gasteiger partial charge in [-0.1, -0.05) is 158 Å². The van der Waals surface area contributed by atoms with Crippen LogP contribution in [0.4, 0.5) is 0 Å². The summed E-state index contributed by atoms with van der Waals surface area (Å²) in [7, 11) is 4.39. The molecule has 578 valence electrons. The number of nitrogens with zero attached hydrogens (tertiary/aromatic N) is 4. The van der Waals surface area contributed by atoms with Crippen molar-refractivity contribution in [3.8, 4) is 0 Å². The van der Waals surface area contributed by atoms with Crippen LogP contribution in [-0.4, -0.2) is 124 Å². The third-order valence-corrected chi connectivity index (χ3v) is 29.0. The molecule has 10 saturated carbocycles. The highest BCUT2D eigenvalue weighted by Crippen LogP contribution is 2.59. The molecule has 7 atom stereocenters. The van der Waals surface area contributed by atoms with Crippen molar-refractivity contribution in [2.24, 2.45) is 87.3 Å². The van der Waals surface area contributed by atoms with Crippen LogP contribution < -0.4 is 5.32 Å². The van der Waals surface area contributed by atoms with Crippen LogP contribution >= 0.6 is 0 Å². The summed E-state index contributed by atoms with van der Waals surface area (Å²) < 4.78 is 5.14. The van der Waals surface area contributed by atoms with E-state index in [1.54, 1.807) is 81.8 Å². The number of amides is 1. The Morgan fingerprint density at radius 3 is 1.40 bits per heavy atom. The lowest BCUT2D eigenvalue weighted by atomic mass is 9.52. The Bertz CT molecular complexity index is 2160. The molecule has 0 aromatic heterocycles. The largest absolute Gasteiger partial charge is 0.381 e. The summed E-state index contributed by atoms with van der Waals surface area (Å²) in [6.45, 7) is 37.1. The first-order valence-electron chi connectivity index (χ1n) is 45.0. The van der Waals surface area contributed by atoms with E-state index in [0.29, 0.717) is 11.9 Å². The number of carbonyl (C=O) groups is 1. The Morgan fingerprint density at radius 2 is 0.960 bits per heavy atom. The minimum absolute atomic E-state index is 0.391. The van der Waals surface area contributed by atoms with Crippen LogP contribution in [0.25, 0.3) is 0 Å². The van der Waals surface area contributed by atoms with Crippen molar-refractivity contribution in [1.29, 1.82) is 0 Å². The van der Waals surface area contributed by atoms with E-state index in [0.717, 1.165) is 114 Å². The Hall–Kier alpha value is -1.51. The van der Waals surface area contributed by atoms with Crippen molar-refractivity contribution in [2.45, 2.75) is 377 Å². The fraction of sp³-hybridized carbons (Fsp3) is 0.925. The van der Waals surface area contributed by atoms with E-state index in [1.807, 2.05) is 0 Å². The molecular formula is C93H169N5O2. The maximum atomic E-state index is 11.2. The SMILES string of the molecule is CC12CCC(CC1)CC2.CC1CC2(CCC2)C1.CC1CC2CC2C1.CC1CCC2(CC1)CC2.CC1CCCCC1.CC1CCNCC1.CC1CCOCC1.CN1CCCCC1.CN1CCCCC1.C[C@@H]1CCN2C(=O)CCC2C1.C[C@H]1CCC2CCCN2C1.C[C@H]1CCc2ccccc2C1. The zero-order chi connectivity index (χ0) is 71.2. The molecule has 1 N–H and O–H groups in total. The third-order valence-electron chi connectivity index (χ3n) is 29.0. The molecule has 1 aromatic rings. The van der Waals surface area contributed by atoms with Crippen LogP contribution in [0, 0.1) is 87.3 Å². The molecule has 7 heteroatoms. The van der Waals surface area contributed by atoms with Gasteiger partial charge in [-0.05, 0) is 383 Å². The van der Waals surface area contributed by atoms with Gasteiger partial charge in [-0.15, -0.1) is 0 Å². The van der Waals surface area contributed by atoms with Crippen molar-refractivity contribution in [2.75, 3.05) is 86.2 Å². The van der Waals surface area contributed by atoms with Gasteiger partial charge in [0.1, 0.15) is 0 Å². The molecule has 1 aromatic carbocycles. The maximum absolute atomic E-state index is 11.2. The lowest BCUT2D eigenvalue weighted by molar-refractivity contribution is -0.130. The molecular weight excluding hydrogens is 1220 g/mol. The van der Waals surface area contributed by atoms with E-state index in [9.17, 15) is 4.79 Å². The van der Waals surface area contributed by atoms with Gasteiger partial charge in [-0.2, -0.15) is 0 Å². The molecule has 8 saturated heterocycles. The monoisotopic (exact) mass is 1390 g/mol. The van der Waals surface area contributed by atoms with Crippen LogP contribution in [0.1, 0.15) is 363 Å². The van der Waals surface area contributed by atoms with Gasteiger partial charge in [0.15, 0.2) is 0 Å². The molecule has 2 bridgehead atoms. The van der Waals surface area contributed by atoms with Crippen LogP contribution in [-0.2, 0) is 22.4 Å². The number of carbonyl (C=O) groups excluding carboxylic acids is 1. The lowest BCUT2D eigenvalue weighted by Gasteiger charge is -2.53.